The fourth-order valence-electron chi connectivity index (χ4n) is 1.66. The van der Waals surface area contributed by atoms with Gasteiger partial charge in [-0.25, -0.2) is 4.99 Å². The zero-order chi connectivity index (χ0) is 11.0. The molecule has 0 spiro atoms. The van der Waals surface area contributed by atoms with Crippen LogP contribution in [0.4, 0.5) is 11.4 Å². The van der Waals surface area contributed by atoms with Crippen molar-refractivity contribution in [3.8, 4) is 0 Å². The van der Waals surface area contributed by atoms with Crippen molar-refractivity contribution in [2.75, 3.05) is 18.0 Å². The molecule has 0 bridgehead atoms. The first-order valence-electron chi connectivity index (χ1n) is 4.83. The number of aliphatic imine (C=N–C) groups is 2. The van der Waals surface area contributed by atoms with E-state index >= 15 is 0 Å². The number of amidine groups is 1. The molecule has 78 valence electrons. The van der Waals surface area contributed by atoms with Crippen molar-refractivity contribution in [3.05, 3.63) is 23.3 Å². The van der Waals surface area contributed by atoms with E-state index in [0.717, 1.165) is 22.7 Å². The smallest absolute Gasteiger partial charge is 0.120 e. The molecule has 0 atom stereocenters. The lowest BCUT2D eigenvalue weighted by Gasteiger charge is -2.09. The Morgan fingerprint density at radius 3 is 2.53 bits per heavy atom. The van der Waals surface area contributed by atoms with E-state index in [2.05, 4.69) is 9.98 Å². The molecule has 0 aliphatic carbocycles. The maximum atomic E-state index is 5.87. The highest BCUT2D eigenvalue weighted by Gasteiger charge is 2.13. The molecule has 0 saturated carbocycles. The van der Waals surface area contributed by atoms with E-state index in [1.54, 1.807) is 0 Å². The highest BCUT2D eigenvalue weighted by atomic mass is 15.0. The lowest BCUT2D eigenvalue weighted by molar-refractivity contribution is 1.32. The van der Waals surface area contributed by atoms with Crippen LogP contribution in [-0.2, 0) is 0 Å². The molecule has 0 saturated heterocycles. The number of hydrogen-bond donors (Lipinski definition) is 2. The third-order valence-corrected chi connectivity index (χ3v) is 2.61. The second-order valence-electron chi connectivity index (χ2n) is 3.66. The monoisotopic (exact) mass is 202 g/mol. The van der Waals surface area contributed by atoms with Crippen molar-refractivity contribution < 1.29 is 0 Å². The Balaban J connectivity index is 2.47. The second-order valence-corrected chi connectivity index (χ2v) is 3.66. The van der Waals surface area contributed by atoms with Crippen LogP contribution in [0.15, 0.2) is 22.1 Å². The molecule has 0 unspecified atom stereocenters. The maximum Gasteiger partial charge on any atom is 0.120 e. The number of benzene rings is 1. The molecular weight excluding hydrogens is 188 g/mol. The summed E-state index contributed by atoms with van der Waals surface area (Å²) in [6.45, 7) is 4.48. The molecule has 1 aliphatic heterocycles. The third-order valence-electron chi connectivity index (χ3n) is 2.61. The average Bonchev–Trinajstić information content (AvgIpc) is 2.61. The first-order valence-corrected chi connectivity index (χ1v) is 4.83. The van der Waals surface area contributed by atoms with E-state index in [1.807, 2.05) is 26.0 Å². The lowest BCUT2D eigenvalue weighted by Crippen LogP contribution is -2.08. The predicted octanol–water partition coefficient (Wildman–Crippen LogP) is 1.38. The molecule has 0 aromatic heterocycles. The summed E-state index contributed by atoms with van der Waals surface area (Å²) in [5.74, 6) is 0.819. The quantitative estimate of drug-likeness (QED) is 0.675. The highest BCUT2D eigenvalue weighted by molar-refractivity contribution is 6.13. The Kier molecular flexibility index (Phi) is 2.19. The summed E-state index contributed by atoms with van der Waals surface area (Å²) in [6.07, 6.45) is 0. The Morgan fingerprint density at radius 2 is 1.93 bits per heavy atom. The van der Waals surface area contributed by atoms with Gasteiger partial charge in [-0.05, 0) is 25.5 Å². The summed E-state index contributed by atoms with van der Waals surface area (Å²) >= 11 is 0. The SMILES string of the molecule is CC1=NCC(c2ccc(N)c(N)c2C)=N1. The summed E-state index contributed by atoms with van der Waals surface area (Å²) < 4.78 is 0. The first-order chi connectivity index (χ1) is 7.09. The summed E-state index contributed by atoms with van der Waals surface area (Å²) in [7, 11) is 0. The van der Waals surface area contributed by atoms with Gasteiger partial charge in [0.15, 0.2) is 0 Å². The van der Waals surface area contributed by atoms with E-state index in [1.165, 1.54) is 0 Å². The summed E-state index contributed by atoms with van der Waals surface area (Å²) in [5, 5.41) is 0. The molecule has 4 N–H and O–H groups in total. The van der Waals surface area contributed by atoms with Crippen LogP contribution in [0.3, 0.4) is 0 Å². The fraction of sp³-hybridized carbons (Fsp3) is 0.273. The molecule has 1 aromatic rings. The summed E-state index contributed by atoms with van der Waals surface area (Å²) in [6, 6.07) is 3.77. The van der Waals surface area contributed by atoms with E-state index in [0.29, 0.717) is 17.9 Å². The predicted molar refractivity (Wildman–Crippen MR) is 64.5 cm³/mol. The second kappa shape index (κ2) is 3.38. The Morgan fingerprint density at radius 1 is 1.20 bits per heavy atom. The van der Waals surface area contributed by atoms with Gasteiger partial charge >= 0.3 is 0 Å². The number of hydrogen-bond acceptors (Lipinski definition) is 4. The molecule has 0 fully saturated rings. The molecule has 1 aliphatic rings. The molecule has 0 radical (unpaired) electrons. The molecule has 4 heteroatoms. The normalized spacial score (nSPS) is 15.1. The minimum atomic E-state index is 0.618. The van der Waals surface area contributed by atoms with Crippen LogP contribution in [0.25, 0.3) is 0 Å². The Labute approximate surface area is 88.7 Å². The third kappa shape index (κ3) is 1.58. The van der Waals surface area contributed by atoms with Crippen molar-refractivity contribution in [3.63, 3.8) is 0 Å². The van der Waals surface area contributed by atoms with Gasteiger partial charge in [0.25, 0.3) is 0 Å². The van der Waals surface area contributed by atoms with Crippen LogP contribution in [0.1, 0.15) is 18.1 Å². The van der Waals surface area contributed by atoms with Crippen LogP contribution >= 0.6 is 0 Å². The zero-order valence-electron chi connectivity index (χ0n) is 8.91. The molecule has 1 heterocycles. The lowest BCUT2D eigenvalue weighted by atomic mass is 10.0. The van der Waals surface area contributed by atoms with Crippen LogP contribution in [0.5, 0.6) is 0 Å². The molecule has 2 rings (SSSR count). The van der Waals surface area contributed by atoms with Gasteiger partial charge in [-0.1, -0.05) is 6.07 Å². The number of nitrogen functional groups attached to an aromatic ring is 2. The average molecular weight is 202 g/mol. The van der Waals surface area contributed by atoms with Gasteiger partial charge in [0, 0.05) is 5.56 Å². The molecule has 15 heavy (non-hydrogen) atoms. The van der Waals surface area contributed by atoms with Crippen molar-refractivity contribution >= 4 is 22.9 Å². The van der Waals surface area contributed by atoms with Crippen molar-refractivity contribution in [1.82, 2.24) is 0 Å². The summed E-state index contributed by atoms with van der Waals surface area (Å²) in [5.41, 5.74) is 15.8. The topological polar surface area (TPSA) is 76.8 Å². The molecule has 4 nitrogen and oxygen atoms in total. The van der Waals surface area contributed by atoms with Gasteiger partial charge in [0.1, 0.15) is 5.84 Å². The van der Waals surface area contributed by atoms with Gasteiger partial charge < -0.3 is 11.5 Å². The minimum Gasteiger partial charge on any atom is -0.397 e. The standard InChI is InChI=1S/C11H14N4/c1-6-8(3-4-9(12)11(6)13)10-5-14-7(2)15-10/h3-4H,5,12-13H2,1-2H3. The van der Waals surface area contributed by atoms with E-state index < -0.39 is 0 Å². The fourth-order valence-corrected chi connectivity index (χ4v) is 1.66. The van der Waals surface area contributed by atoms with E-state index in [-0.39, 0.29) is 0 Å². The van der Waals surface area contributed by atoms with Crippen molar-refractivity contribution in [1.29, 1.82) is 0 Å². The molecular formula is C11H14N4. The zero-order valence-corrected chi connectivity index (χ0v) is 8.91. The van der Waals surface area contributed by atoms with Gasteiger partial charge in [-0.15, -0.1) is 0 Å². The van der Waals surface area contributed by atoms with Gasteiger partial charge in [-0.2, -0.15) is 0 Å². The number of nitrogens with zero attached hydrogens (tertiary/aromatic N) is 2. The number of nitrogens with two attached hydrogens (primary N) is 2. The molecule has 1 aromatic carbocycles. The van der Waals surface area contributed by atoms with E-state index in [4.69, 9.17) is 11.5 Å². The van der Waals surface area contributed by atoms with Crippen LogP contribution in [0, 0.1) is 6.92 Å². The Bertz CT molecular complexity index is 472. The highest BCUT2D eigenvalue weighted by Crippen LogP contribution is 2.24. The maximum absolute atomic E-state index is 5.87. The van der Waals surface area contributed by atoms with Gasteiger partial charge in [0.05, 0.1) is 23.6 Å². The summed E-state index contributed by atoms with van der Waals surface area (Å²) in [4.78, 5) is 8.59. The molecule has 0 amide bonds. The van der Waals surface area contributed by atoms with Crippen LogP contribution in [0.2, 0.25) is 0 Å². The van der Waals surface area contributed by atoms with E-state index in [9.17, 15) is 0 Å². The first kappa shape index (κ1) is 9.71. The minimum absolute atomic E-state index is 0.618. The largest absolute Gasteiger partial charge is 0.397 e. The Hall–Kier alpha value is -1.84. The number of anilines is 2. The number of rotatable bonds is 1. The van der Waals surface area contributed by atoms with Gasteiger partial charge in [0.2, 0.25) is 0 Å². The van der Waals surface area contributed by atoms with Crippen LogP contribution in [-0.4, -0.2) is 18.1 Å². The van der Waals surface area contributed by atoms with Crippen molar-refractivity contribution in [2.24, 2.45) is 9.98 Å². The van der Waals surface area contributed by atoms with Crippen LogP contribution < -0.4 is 11.5 Å². The van der Waals surface area contributed by atoms with Gasteiger partial charge in [-0.3, -0.25) is 4.99 Å². The van der Waals surface area contributed by atoms with Crippen molar-refractivity contribution in [2.45, 2.75) is 13.8 Å².